The molecule has 2 N–H and O–H groups in total. The van der Waals surface area contributed by atoms with E-state index in [2.05, 4.69) is 20.0 Å². The van der Waals surface area contributed by atoms with Gasteiger partial charge in [0.25, 0.3) is 10.0 Å². The summed E-state index contributed by atoms with van der Waals surface area (Å²) in [5.74, 6) is 0.229. The van der Waals surface area contributed by atoms with E-state index in [-0.39, 0.29) is 10.7 Å². The van der Waals surface area contributed by atoms with E-state index in [1.165, 1.54) is 12.1 Å². The fourth-order valence-corrected chi connectivity index (χ4v) is 3.41. The molecule has 0 atom stereocenters. The molecule has 0 amide bonds. The zero-order chi connectivity index (χ0) is 17.7. The smallest absolute Gasteiger partial charge is 0.263 e. The van der Waals surface area contributed by atoms with Crippen molar-refractivity contribution in [3.05, 3.63) is 77.7 Å². The van der Waals surface area contributed by atoms with Gasteiger partial charge in [0.1, 0.15) is 5.82 Å². The summed E-state index contributed by atoms with van der Waals surface area (Å²) in [5.41, 5.74) is 1.81. The lowest BCUT2D eigenvalue weighted by Gasteiger charge is -2.09. The van der Waals surface area contributed by atoms with Crippen LogP contribution in [0.5, 0.6) is 0 Å². The second-order valence-electron chi connectivity index (χ2n) is 5.21. The third kappa shape index (κ3) is 4.68. The lowest BCUT2D eigenvalue weighted by molar-refractivity contribution is 0.601. The molecule has 0 saturated heterocycles. The summed E-state index contributed by atoms with van der Waals surface area (Å²) in [6.07, 6.45) is 5.05. The van der Waals surface area contributed by atoms with Crippen molar-refractivity contribution in [3.8, 4) is 0 Å². The van der Waals surface area contributed by atoms with Gasteiger partial charge in [0.15, 0.2) is 0 Å². The Bertz CT molecular complexity index is 948. The Labute approximate surface area is 151 Å². The first-order valence-electron chi connectivity index (χ1n) is 7.40. The number of hydrogen-bond acceptors (Lipinski definition) is 5. The molecule has 25 heavy (non-hydrogen) atoms. The first kappa shape index (κ1) is 17.2. The highest BCUT2D eigenvalue weighted by molar-refractivity contribution is 7.92. The standard InChI is InChI=1S/C17H15ClN4O2S/c18-14-4-1-5-16(9-14)25(23,24)22-17-7-6-15(12-21-17)20-11-13-3-2-8-19-10-13/h1-10,12,20H,11H2,(H,21,22). The summed E-state index contributed by atoms with van der Waals surface area (Å²) in [6, 6.07) is 13.2. The molecule has 0 aliphatic heterocycles. The maximum atomic E-state index is 12.3. The Morgan fingerprint density at radius 3 is 2.60 bits per heavy atom. The van der Waals surface area contributed by atoms with Crippen LogP contribution in [0, 0.1) is 0 Å². The molecule has 0 fully saturated rings. The quantitative estimate of drug-likeness (QED) is 0.689. The van der Waals surface area contributed by atoms with Crippen LogP contribution in [0.15, 0.2) is 72.0 Å². The van der Waals surface area contributed by atoms with Crippen LogP contribution in [-0.2, 0) is 16.6 Å². The van der Waals surface area contributed by atoms with Crippen LogP contribution in [0.2, 0.25) is 5.02 Å². The van der Waals surface area contributed by atoms with Crippen molar-refractivity contribution in [2.24, 2.45) is 0 Å². The number of aromatic nitrogens is 2. The number of rotatable bonds is 6. The molecule has 0 saturated carbocycles. The molecule has 0 spiro atoms. The number of benzene rings is 1. The minimum absolute atomic E-state index is 0.0839. The van der Waals surface area contributed by atoms with Gasteiger partial charge in [-0.05, 0) is 42.0 Å². The number of pyridine rings is 2. The predicted molar refractivity (Wildman–Crippen MR) is 98.1 cm³/mol. The molecule has 0 unspecified atom stereocenters. The molecule has 3 rings (SSSR count). The Hall–Kier alpha value is -2.64. The molecule has 0 bridgehead atoms. The molecule has 2 heterocycles. The van der Waals surface area contributed by atoms with Crippen LogP contribution < -0.4 is 10.0 Å². The fourth-order valence-electron chi connectivity index (χ4n) is 2.10. The van der Waals surface area contributed by atoms with Crippen molar-refractivity contribution in [2.45, 2.75) is 11.4 Å². The van der Waals surface area contributed by atoms with Crippen molar-refractivity contribution < 1.29 is 8.42 Å². The zero-order valence-electron chi connectivity index (χ0n) is 13.1. The van der Waals surface area contributed by atoms with E-state index >= 15 is 0 Å². The van der Waals surface area contributed by atoms with Crippen molar-refractivity contribution in [1.82, 2.24) is 9.97 Å². The average Bonchev–Trinajstić information content (AvgIpc) is 2.62. The first-order valence-corrected chi connectivity index (χ1v) is 9.26. The fraction of sp³-hybridized carbons (Fsp3) is 0.0588. The van der Waals surface area contributed by atoms with E-state index < -0.39 is 10.0 Å². The zero-order valence-corrected chi connectivity index (χ0v) is 14.6. The van der Waals surface area contributed by atoms with Crippen molar-refractivity contribution in [1.29, 1.82) is 0 Å². The normalized spacial score (nSPS) is 11.1. The summed E-state index contributed by atoms with van der Waals surface area (Å²) in [5, 5.41) is 3.55. The van der Waals surface area contributed by atoms with E-state index in [9.17, 15) is 8.42 Å². The second-order valence-corrected chi connectivity index (χ2v) is 7.33. The van der Waals surface area contributed by atoms with Gasteiger partial charge in [0, 0.05) is 24.0 Å². The van der Waals surface area contributed by atoms with E-state index in [4.69, 9.17) is 11.6 Å². The molecular formula is C17H15ClN4O2S. The first-order chi connectivity index (χ1) is 12.0. The van der Waals surface area contributed by atoms with Gasteiger partial charge in [-0.25, -0.2) is 13.4 Å². The number of nitrogens with zero attached hydrogens (tertiary/aromatic N) is 2. The summed E-state index contributed by atoms with van der Waals surface area (Å²) in [4.78, 5) is 8.25. The van der Waals surface area contributed by atoms with E-state index in [1.54, 1.807) is 42.9 Å². The van der Waals surface area contributed by atoms with Crippen molar-refractivity contribution >= 4 is 33.1 Å². The Morgan fingerprint density at radius 1 is 1.04 bits per heavy atom. The molecule has 128 valence electrons. The highest BCUT2D eigenvalue weighted by Crippen LogP contribution is 2.19. The monoisotopic (exact) mass is 374 g/mol. The topological polar surface area (TPSA) is 84.0 Å². The molecule has 8 heteroatoms. The van der Waals surface area contributed by atoms with Gasteiger partial charge in [-0.1, -0.05) is 23.7 Å². The van der Waals surface area contributed by atoms with Gasteiger partial charge in [0.05, 0.1) is 16.8 Å². The van der Waals surface area contributed by atoms with Crippen LogP contribution in [0.3, 0.4) is 0 Å². The maximum absolute atomic E-state index is 12.3. The summed E-state index contributed by atoms with van der Waals surface area (Å²) < 4.78 is 27.1. The molecule has 0 radical (unpaired) electrons. The molecule has 1 aromatic carbocycles. The molecule has 0 aliphatic carbocycles. The number of nitrogens with one attached hydrogen (secondary N) is 2. The van der Waals surface area contributed by atoms with Gasteiger partial charge < -0.3 is 5.32 Å². The third-order valence-corrected chi connectivity index (χ3v) is 4.92. The largest absolute Gasteiger partial charge is 0.380 e. The lowest BCUT2D eigenvalue weighted by atomic mass is 10.3. The predicted octanol–water partition coefficient (Wildman–Crippen LogP) is 3.54. The van der Waals surface area contributed by atoms with Crippen molar-refractivity contribution in [2.75, 3.05) is 10.0 Å². The van der Waals surface area contributed by atoms with Gasteiger partial charge in [0.2, 0.25) is 0 Å². The number of sulfonamides is 1. The van der Waals surface area contributed by atoms with Crippen LogP contribution in [0.25, 0.3) is 0 Å². The van der Waals surface area contributed by atoms with Crippen LogP contribution in [-0.4, -0.2) is 18.4 Å². The molecule has 2 aromatic heterocycles. The van der Waals surface area contributed by atoms with Crippen LogP contribution in [0.4, 0.5) is 11.5 Å². The Kier molecular flexibility index (Phi) is 5.16. The average molecular weight is 375 g/mol. The van der Waals surface area contributed by atoms with Gasteiger partial charge >= 0.3 is 0 Å². The Balaban J connectivity index is 1.66. The number of halogens is 1. The highest BCUT2D eigenvalue weighted by atomic mass is 35.5. The minimum atomic E-state index is -3.73. The Morgan fingerprint density at radius 2 is 1.92 bits per heavy atom. The molecule has 6 nitrogen and oxygen atoms in total. The number of anilines is 2. The van der Waals surface area contributed by atoms with Crippen molar-refractivity contribution in [3.63, 3.8) is 0 Å². The molecule has 0 aliphatic rings. The van der Waals surface area contributed by atoms with Gasteiger partial charge in [-0.2, -0.15) is 0 Å². The van der Waals surface area contributed by atoms with Gasteiger partial charge in [-0.15, -0.1) is 0 Å². The van der Waals surface area contributed by atoms with Crippen LogP contribution >= 0.6 is 11.6 Å². The third-order valence-electron chi connectivity index (χ3n) is 3.33. The summed E-state index contributed by atoms with van der Waals surface area (Å²) in [7, 11) is -3.73. The summed E-state index contributed by atoms with van der Waals surface area (Å²) >= 11 is 5.84. The molecular weight excluding hydrogens is 360 g/mol. The molecule has 3 aromatic rings. The van der Waals surface area contributed by atoms with Gasteiger partial charge in [-0.3, -0.25) is 9.71 Å². The minimum Gasteiger partial charge on any atom is -0.380 e. The second kappa shape index (κ2) is 7.50. The van der Waals surface area contributed by atoms with Crippen LogP contribution in [0.1, 0.15) is 5.56 Å². The van der Waals surface area contributed by atoms with E-state index in [0.29, 0.717) is 11.6 Å². The SMILES string of the molecule is O=S(=O)(Nc1ccc(NCc2cccnc2)cn1)c1cccc(Cl)c1. The lowest BCUT2D eigenvalue weighted by Crippen LogP contribution is -2.14. The number of hydrogen-bond donors (Lipinski definition) is 2. The summed E-state index contributed by atoms with van der Waals surface area (Å²) in [6.45, 7) is 0.600. The van der Waals surface area contributed by atoms with E-state index in [0.717, 1.165) is 11.3 Å². The maximum Gasteiger partial charge on any atom is 0.263 e. The van der Waals surface area contributed by atoms with E-state index in [1.807, 2.05) is 12.1 Å². The highest BCUT2D eigenvalue weighted by Gasteiger charge is 2.15.